The van der Waals surface area contributed by atoms with E-state index in [4.69, 9.17) is 5.84 Å². The van der Waals surface area contributed by atoms with Crippen molar-refractivity contribution in [3.63, 3.8) is 0 Å². The number of hydrazine groups is 1. The highest BCUT2D eigenvalue weighted by Gasteiger charge is 2.11. The lowest BCUT2D eigenvalue weighted by Crippen LogP contribution is -2.25. The van der Waals surface area contributed by atoms with Crippen LogP contribution in [0.2, 0.25) is 0 Å². The Hall–Kier alpha value is -2.18. The predicted molar refractivity (Wildman–Crippen MR) is 82.9 cm³/mol. The molecule has 3 N–H and O–H groups in total. The van der Waals surface area contributed by atoms with Crippen molar-refractivity contribution in [3.05, 3.63) is 63.4 Å². The van der Waals surface area contributed by atoms with E-state index in [-0.39, 0.29) is 5.56 Å². The number of anilines is 1. The quantitative estimate of drug-likeness (QED) is 0.559. The van der Waals surface area contributed by atoms with Crippen molar-refractivity contribution < 1.29 is 0 Å². The third-order valence-electron chi connectivity index (χ3n) is 2.97. The number of hydrogen-bond donors (Lipinski definition) is 2. The van der Waals surface area contributed by atoms with Gasteiger partial charge in [0.05, 0.1) is 16.6 Å². The van der Waals surface area contributed by atoms with Crippen LogP contribution in [-0.2, 0) is 0 Å². The fourth-order valence-corrected chi connectivity index (χ4v) is 2.43. The van der Waals surface area contributed by atoms with Crippen molar-refractivity contribution in [1.82, 2.24) is 9.55 Å². The molecule has 0 aliphatic rings. The van der Waals surface area contributed by atoms with Gasteiger partial charge in [0.25, 0.3) is 5.56 Å². The number of nitrogen functional groups attached to an aromatic ring is 1. The first kappa shape index (κ1) is 12.8. The molecule has 1 heterocycles. The Bertz CT molecular complexity index is 830. The van der Waals surface area contributed by atoms with Crippen LogP contribution in [0.1, 0.15) is 0 Å². The topological polar surface area (TPSA) is 72.9 Å². The number of aromatic nitrogens is 2. The van der Waals surface area contributed by atoms with Crippen molar-refractivity contribution in [2.45, 2.75) is 0 Å². The molecular formula is C14H11BrN4O. The molecule has 3 aromatic rings. The summed E-state index contributed by atoms with van der Waals surface area (Å²) in [6.07, 6.45) is 0. The molecule has 0 atom stereocenters. The van der Waals surface area contributed by atoms with Gasteiger partial charge in [-0.2, -0.15) is 0 Å². The minimum absolute atomic E-state index is 0.171. The fraction of sp³-hybridized carbons (Fsp3) is 0. The van der Waals surface area contributed by atoms with Gasteiger partial charge in [0, 0.05) is 4.47 Å². The van der Waals surface area contributed by atoms with E-state index in [9.17, 15) is 4.79 Å². The van der Waals surface area contributed by atoms with Crippen molar-refractivity contribution in [2.75, 3.05) is 5.43 Å². The summed E-state index contributed by atoms with van der Waals surface area (Å²) in [6.45, 7) is 0. The summed E-state index contributed by atoms with van der Waals surface area (Å²) in [5.41, 5.74) is 3.61. The largest absolute Gasteiger partial charge is 0.293 e. The standard InChI is InChI=1S/C14H11BrN4O/c15-9-6-7-12-11(8-9)13(20)19(14(17-12)18-16)10-4-2-1-3-5-10/h1-8H,16H2,(H,17,18). The summed E-state index contributed by atoms with van der Waals surface area (Å²) in [7, 11) is 0. The zero-order valence-corrected chi connectivity index (χ0v) is 12.0. The zero-order chi connectivity index (χ0) is 14.1. The highest BCUT2D eigenvalue weighted by atomic mass is 79.9. The van der Waals surface area contributed by atoms with E-state index in [2.05, 4.69) is 26.3 Å². The molecule has 20 heavy (non-hydrogen) atoms. The van der Waals surface area contributed by atoms with Gasteiger partial charge in [0.15, 0.2) is 0 Å². The molecule has 0 saturated heterocycles. The van der Waals surface area contributed by atoms with E-state index in [0.717, 1.165) is 4.47 Å². The lowest BCUT2D eigenvalue weighted by molar-refractivity contribution is 0.955. The first-order valence-corrected chi connectivity index (χ1v) is 6.74. The SMILES string of the molecule is NNc1nc2ccc(Br)cc2c(=O)n1-c1ccccc1. The minimum Gasteiger partial charge on any atom is -0.293 e. The molecule has 0 radical (unpaired) electrons. The van der Waals surface area contributed by atoms with Crippen LogP contribution in [-0.4, -0.2) is 9.55 Å². The molecule has 0 bridgehead atoms. The molecule has 3 rings (SSSR count). The van der Waals surface area contributed by atoms with E-state index in [1.54, 1.807) is 12.1 Å². The average molecular weight is 331 g/mol. The van der Waals surface area contributed by atoms with Crippen LogP contribution in [0.25, 0.3) is 16.6 Å². The van der Waals surface area contributed by atoms with Gasteiger partial charge < -0.3 is 0 Å². The molecule has 5 nitrogen and oxygen atoms in total. The Balaban J connectivity index is 2.41. The van der Waals surface area contributed by atoms with Crippen LogP contribution in [0.4, 0.5) is 5.95 Å². The summed E-state index contributed by atoms with van der Waals surface area (Å²) in [4.78, 5) is 17.0. The number of halogens is 1. The summed E-state index contributed by atoms with van der Waals surface area (Å²) in [5, 5.41) is 0.530. The third kappa shape index (κ3) is 2.09. The Labute approximate surface area is 123 Å². The summed E-state index contributed by atoms with van der Waals surface area (Å²) in [6, 6.07) is 14.6. The van der Waals surface area contributed by atoms with Gasteiger partial charge in [0.2, 0.25) is 5.95 Å². The fourth-order valence-electron chi connectivity index (χ4n) is 2.07. The first-order valence-electron chi connectivity index (χ1n) is 5.95. The first-order chi connectivity index (χ1) is 9.70. The zero-order valence-electron chi connectivity index (χ0n) is 10.4. The Morgan fingerprint density at radius 3 is 2.60 bits per heavy atom. The van der Waals surface area contributed by atoms with Crippen molar-refractivity contribution in [1.29, 1.82) is 0 Å². The van der Waals surface area contributed by atoms with E-state index < -0.39 is 0 Å². The maximum absolute atomic E-state index is 12.7. The monoisotopic (exact) mass is 330 g/mol. The Kier molecular flexibility index (Phi) is 3.25. The summed E-state index contributed by atoms with van der Waals surface area (Å²) < 4.78 is 2.28. The molecule has 6 heteroatoms. The molecular weight excluding hydrogens is 320 g/mol. The number of rotatable bonds is 2. The lowest BCUT2D eigenvalue weighted by Gasteiger charge is -2.12. The van der Waals surface area contributed by atoms with Crippen molar-refractivity contribution in [2.24, 2.45) is 5.84 Å². The molecule has 0 amide bonds. The molecule has 2 aromatic carbocycles. The van der Waals surface area contributed by atoms with Crippen LogP contribution in [0, 0.1) is 0 Å². The number of benzene rings is 2. The van der Waals surface area contributed by atoms with E-state index in [1.807, 2.05) is 36.4 Å². The molecule has 0 aliphatic carbocycles. The number of para-hydroxylation sites is 1. The van der Waals surface area contributed by atoms with Crippen LogP contribution < -0.4 is 16.8 Å². The smallest absolute Gasteiger partial charge is 0.267 e. The van der Waals surface area contributed by atoms with Crippen LogP contribution >= 0.6 is 15.9 Å². The van der Waals surface area contributed by atoms with Crippen LogP contribution in [0.15, 0.2) is 57.8 Å². The van der Waals surface area contributed by atoms with E-state index in [0.29, 0.717) is 22.5 Å². The maximum atomic E-state index is 12.7. The second-order valence-corrected chi connectivity index (χ2v) is 5.13. The molecule has 0 aliphatic heterocycles. The molecule has 0 fully saturated rings. The number of fused-ring (bicyclic) bond motifs is 1. The second-order valence-electron chi connectivity index (χ2n) is 4.22. The van der Waals surface area contributed by atoms with Gasteiger partial charge in [-0.1, -0.05) is 34.1 Å². The molecule has 100 valence electrons. The van der Waals surface area contributed by atoms with Gasteiger partial charge in [0.1, 0.15) is 0 Å². The normalized spacial score (nSPS) is 10.7. The Morgan fingerprint density at radius 2 is 1.90 bits per heavy atom. The number of nitrogens with two attached hydrogens (primary N) is 1. The molecule has 0 unspecified atom stereocenters. The second kappa shape index (κ2) is 5.07. The van der Waals surface area contributed by atoms with Gasteiger partial charge in [-0.15, -0.1) is 0 Å². The number of nitrogens with zero attached hydrogens (tertiary/aromatic N) is 2. The summed E-state index contributed by atoms with van der Waals surface area (Å²) in [5.74, 6) is 5.80. The van der Waals surface area contributed by atoms with Crippen LogP contribution in [0.5, 0.6) is 0 Å². The highest BCUT2D eigenvalue weighted by Crippen LogP contribution is 2.19. The van der Waals surface area contributed by atoms with Crippen molar-refractivity contribution >= 4 is 32.8 Å². The number of hydrogen-bond acceptors (Lipinski definition) is 4. The summed E-state index contributed by atoms with van der Waals surface area (Å²) >= 11 is 3.37. The highest BCUT2D eigenvalue weighted by molar-refractivity contribution is 9.10. The molecule has 0 spiro atoms. The Morgan fingerprint density at radius 1 is 1.15 bits per heavy atom. The predicted octanol–water partition coefficient (Wildman–Crippen LogP) is 2.43. The minimum atomic E-state index is -0.171. The third-order valence-corrected chi connectivity index (χ3v) is 3.47. The maximum Gasteiger partial charge on any atom is 0.267 e. The van der Waals surface area contributed by atoms with Gasteiger partial charge in [-0.05, 0) is 30.3 Å². The molecule has 1 aromatic heterocycles. The van der Waals surface area contributed by atoms with Crippen molar-refractivity contribution in [3.8, 4) is 5.69 Å². The van der Waals surface area contributed by atoms with Crippen LogP contribution in [0.3, 0.4) is 0 Å². The lowest BCUT2D eigenvalue weighted by atomic mass is 10.2. The molecule has 0 saturated carbocycles. The van der Waals surface area contributed by atoms with Gasteiger partial charge >= 0.3 is 0 Å². The van der Waals surface area contributed by atoms with Gasteiger partial charge in [-0.3, -0.25) is 10.2 Å². The average Bonchev–Trinajstić information content (AvgIpc) is 2.48. The van der Waals surface area contributed by atoms with E-state index >= 15 is 0 Å². The number of nitrogens with one attached hydrogen (secondary N) is 1. The van der Waals surface area contributed by atoms with Gasteiger partial charge in [-0.25, -0.2) is 15.4 Å². The van der Waals surface area contributed by atoms with E-state index in [1.165, 1.54) is 4.57 Å².